The Morgan fingerprint density at radius 3 is 2.67 bits per heavy atom. The van der Waals surface area contributed by atoms with E-state index in [1.165, 1.54) is 5.56 Å². The molecule has 0 aliphatic carbocycles. The molecule has 0 unspecified atom stereocenters. The van der Waals surface area contributed by atoms with E-state index in [-0.39, 0.29) is 0 Å². The molecular weight excluding hydrogens is 376 g/mol. The third kappa shape index (κ3) is 3.18. The molecule has 0 saturated heterocycles. The second-order valence-corrected chi connectivity index (χ2v) is 7.50. The van der Waals surface area contributed by atoms with Gasteiger partial charge in [-0.15, -0.1) is 10.2 Å². The van der Waals surface area contributed by atoms with Gasteiger partial charge in [-0.1, -0.05) is 37.3 Å². The van der Waals surface area contributed by atoms with Gasteiger partial charge in [-0.2, -0.15) is 5.21 Å². The van der Waals surface area contributed by atoms with Gasteiger partial charge in [-0.3, -0.25) is 0 Å². The van der Waals surface area contributed by atoms with Crippen LogP contribution in [-0.2, 0) is 13.0 Å². The molecule has 30 heavy (non-hydrogen) atoms. The number of benzene rings is 2. The van der Waals surface area contributed by atoms with Gasteiger partial charge in [0.05, 0.1) is 5.69 Å². The fraction of sp³-hybridized carbons (Fsp3) is 0.217. The molecule has 0 radical (unpaired) electrons. The van der Waals surface area contributed by atoms with Gasteiger partial charge in [0.25, 0.3) is 0 Å². The predicted molar refractivity (Wildman–Crippen MR) is 115 cm³/mol. The van der Waals surface area contributed by atoms with Crippen LogP contribution in [0, 0.1) is 13.8 Å². The van der Waals surface area contributed by atoms with Crippen LogP contribution in [0.5, 0.6) is 0 Å². The fourth-order valence-electron chi connectivity index (χ4n) is 4.01. The molecule has 7 nitrogen and oxygen atoms in total. The Labute approximate surface area is 173 Å². The van der Waals surface area contributed by atoms with Gasteiger partial charge >= 0.3 is 0 Å². The van der Waals surface area contributed by atoms with E-state index in [1.54, 1.807) is 0 Å². The second kappa shape index (κ2) is 7.26. The van der Waals surface area contributed by atoms with E-state index >= 15 is 0 Å². The summed E-state index contributed by atoms with van der Waals surface area (Å²) in [7, 11) is 0. The zero-order valence-electron chi connectivity index (χ0n) is 17.2. The number of tetrazole rings is 1. The lowest BCUT2D eigenvalue weighted by Gasteiger charge is -2.08. The van der Waals surface area contributed by atoms with Gasteiger partial charge in [0.2, 0.25) is 5.82 Å². The molecule has 0 saturated carbocycles. The maximum absolute atomic E-state index is 6.27. The summed E-state index contributed by atoms with van der Waals surface area (Å²) in [4.78, 5) is 4.61. The van der Waals surface area contributed by atoms with Crippen molar-refractivity contribution in [2.75, 3.05) is 0 Å². The Kier molecular flexibility index (Phi) is 4.43. The van der Waals surface area contributed by atoms with Crippen molar-refractivity contribution in [2.24, 2.45) is 0 Å². The van der Waals surface area contributed by atoms with Crippen molar-refractivity contribution in [3.8, 4) is 22.7 Å². The van der Waals surface area contributed by atoms with E-state index < -0.39 is 0 Å². The molecule has 150 valence electrons. The Balaban J connectivity index is 1.57. The topological polar surface area (TPSA) is 85.4 Å². The summed E-state index contributed by atoms with van der Waals surface area (Å²) in [5.41, 5.74) is 6.10. The molecule has 0 aliphatic rings. The fourth-order valence-corrected chi connectivity index (χ4v) is 4.01. The first-order valence-corrected chi connectivity index (χ1v) is 10.0. The van der Waals surface area contributed by atoms with Crippen molar-refractivity contribution in [1.82, 2.24) is 30.2 Å². The van der Waals surface area contributed by atoms with Crippen molar-refractivity contribution in [1.29, 1.82) is 0 Å². The number of hydrogen-bond donors (Lipinski definition) is 1. The van der Waals surface area contributed by atoms with E-state index in [0.29, 0.717) is 5.82 Å². The number of aromatic amines is 1. The zero-order chi connectivity index (χ0) is 20.7. The summed E-state index contributed by atoms with van der Waals surface area (Å²) in [5, 5.41) is 15.5. The Bertz CT molecular complexity index is 1330. The average molecular weight is 398 g/mol. The van der Waals surface area contributed by atoms with E-state index in [1.807, 2.05) is 31.2 Å². The molecule has 0 spiro atoms. The Morgan fingerprint density at radius 2 is 1.90 bits per heavy atom. The number of hydrogen-bond acceptors (Lipinski definition) is 5. The van der Waals surface area contributed by atoms with Gasteiger partial charge in [0.15, 0.2) is 0 Å². The van der Waals surface area contributed by atoms with Crippen LogP contribution in [0.25, 0.3) is 33.7 Å². The normalized spacial score (nSPS) is 11.4. The van der Waals surface area contributed by atoms with Gasteiger partial charge in [0, 0.05) is 35.7 Å². The molecule has 5 rings (SSSR count). The van der Waals surface area contributed by atoms with E-state index in [4.69, 9.17) is 4.42 Å². The number of nitrogens with one attached hydrogen (secondary N) is 1. The summed E-state index contributed by atoms with van der Waals surface area (Å²) in [6.07, 6.45) is 3.03. The van der Waals surface area contributed by atoms with Crippen LogP contribution in [0.4, 0.5) is 0 Å². The van der Waals surface area contributed by atoms with Gasteiger partial charge in [-0.05, 0) is 42.3 Å². The van der Waals surface area contributed by atoms with Crippen LogP contribution in [0.1, 0.15) is 29.6 Å². The van der Waals surface area contributed by atoms with E-state index in [2.05, 4.69) is 68.4 Å². The third-order valence-corrected chi connectivity index (χ3v) is 5.29. The molecule has 5 aromatic rings. The number of nitrogens with zero attached hydrogens (tertiary/aromatic N) is 5. The lowest BCUT2D eigenvalue weighted by atomic mass is 10.0. The minimum Gasteiger partial charge on any atom is -0.456 e. The van der Waals surface area contributed by atoms with Crippen molar-refractivity contribution in [3.05, 3.63) is 71.3 Å². The maximum atomic E-state index is 6.27. The molecule has 2 aromatic carbocycles. The van der Waals surface area contributed by atoms with Crippen LogP contribution in [0.3, 0.4) is 0 Å². The highest BCUT2D eigenvalue weighted by Gasteiger charge is 2.16. The van der Waals surface area contributed by atoms with Gasteiger partial charge < -0.3 is 8.98 Å². The highest BCUT2D eigenvalue weighted by Crippen LogP contribution is 2.35. The summed E-state index contributed by atoms with van der Waals surface area (Å²) in [6, 6.07) is 14.4. The number of imidazole rings is 1. The smallest absolute Gasteiger partial charge is 0.205 e. The maximum Gasteiger partial charge on any atom is 0.205 e. The monoisotopic (exact) mass is 398 g/mol. The van der Waals surface area contributed by atoms with Crippen molar-refractivity contribution < 1.29 is 4.42 Å². The third-order valence-electron chi connectivity index (χ3n) is 5.29. The molecule has 3 heterocycles. The second-order valence-electron chi connectivity index (χ2n) is 7.50. The molecule has 7 heteroatoms. The summed E-state index contributed by atoms with van der Waals surface area (Å²) >= 11 is 0. The zero-order valence-corrected chi connectivity index (χ0v) is 17.2. The first-order chi connectivity index (χ1) is 14.6. The molecule has 0 amide bonds. The SMILES string of the molecule is CCc1nc(C)cn1Cc1cc(C)c2oc(-c3ccccc3-c3nn[nH]n3)cc2c1. The van der Waals surface area contributed by atoms with Gasteiger partial charge in [0.1, 0.15) is 17.2 Å². The van der Waals surface area contributed by atoms with Crippen molar-refractivity contribution in [2.45, 2.75) is 33.7 Å². The number of H-pyrrole nitrogens is 1. The molecule has 0 aliphatic heterocycles. The van der Waals surface area contributed by atoms with Gasteiger partial charge in [-0.25, -0.2) is 4.98 Å². The van der Waals surface area contributed by atoms with Crippen LogP contribution in [0.15, 0.2) is 53.1 Å². The summed E-state index contributed by atoms with van der Waals surface area (Å²) in [6.45, 7) is 7.05. The van der Waals surface area contributed by atoms with E-state index in [0.717, 1.165) is 57.9 Å². The molecule has 0 atom stereocenters. The average Bonchev–Trinajstić information content (AvgIpc) is 3.48. The number of rotatable bonds is 5. The van der Waals surface area contributed by atoms with Crippen LogP contribution < -0.4 is 0 Å². The lowest BCUT2D eigenvalue weighted by Crippen LogP contribution is -2.03. The van der Waals surface area contributed by atoms with E-state index in [9.17, 15) is 0 Å². The standard InChI is InChI=1S/C23H22N6O/c1-4-21-24-15(3)12-29(21)13-16-9-14(2)22-17(10-16)11-20(30-22)18-7-5-6-8-19(18)23-25-27-28-26-23/h5-12H,4,13H2,1-3H3,(H,25,26,27,28). The quantitative estimate of drug-likeness (QED) is 0.464. The van der Waals surface area contributed by atoms with Crippen molar-refractivity contribution in [3.63, 3.8) is 0 Å². The van der Waals surface area contributed by atoms with Crippen molar-refractivity contribution >= 4 is 11.0 Å². The number of fused-ring (bicyclic) bond motifs is 1. The summed E-state index contributed by atoms with van der Waals surface area (Å²) in [5.74, 6) is 2.44. The molecule has 0 fully saturated rings. The number of aromatic nitrogens is 6. The first kappa shape index (κ1) is 18.3. The minimum atomic E-state index is 0.547. The lowest BCUT2D eigenvalue weighted by molar-refractivity contribution is 0.628. The highest BCUT2D eigenvalue weighted by atomic mass is 16.3. The Morgan fingerprint density at radius 1 is 1.07 bits per heavy atom. The first-order valence-electron chi connectivity index (χ1n) is 10.0. The largest absolute Gasteiger partial charge is 0.456 e. The van der Waals surface area contributed by atoms with Crippen LogP contribution in [-0.4, -0.2) is 30.2 Å². The Hall–Kier alpha value is -3.74. The number of aryl methyl sites for hydroxylation is 3. The molecular formula is C23H22N6O. The minimum absolute atomic E-state index is 0.547. The van der Waals surface area contributed by atoms with Crippen LogP contribution in [0.2, 0.25) is 0 Å². The molecule has 3 aromatic heterocycles. The predicted octanol–water partition coefficient (Wildman–Crippen LogP) is 4.70. The summed E-state index contributed by atoms with van der Waals surface area (Å²) < 4.78 is 8.50. The molecule has 0 bridgehead atoms. The van der Waals surface area contributed by atoms with Crippen LogP contribution >= 0.6 is 0 Å². The number of furan rings is 1. The highest BCUT2D eigenvalue weighted by molar-refractivity contribution is 5.88. The molecule has 1 N–H and O–H groups in total.